The SMILES string of the molecule is CC(=O)O[C@@H](C)[C@H](Sc1ccccc1)C(=O)Nc1ccccc1. The second kappa shape index (κ2) is 8.39. The number of hydrogen-bond donors (Lipinski definition) is 1. The van der Waals surface area contributed by atoms with E-state index in [2.05, 4.69) is 5.32 Å². The summed E-state index contributed by atoms with van der Waals surface area (Å²) in [6, 6.07) is 18.8. The Labute approximate surface area is 140 Å². The Kier molecular flexibility index (Phi) is 6.23. The molecule has 1 N–H and O–H groups in total. The molecule has 5 heteroatoms. The van der Waals surface area contributed by atoms with Crippen LogP contribution in [0.1, 0.15) is 13.8 Å². The predicted octanol–water partition coefficient (Wildman–Crippen LogP) is 3.74. The summed E-state index contributed by atoms with van der Waals surface area (Å²) in [4.78, 5) is 24.8. The number of ether oxygens (including phenoxy) is 1. The van der Waals surface area contributed by atoms with Gasteiger partial charge >= 0.3 is 5.97 Å². The molecule has 0 spiro atoms. The van der Waals surface area contributed by atoms with E-state index in [1.54, 1.807) is 6.92 Å². The zero-order chi connectivity index (χ0) is 16.7. The Hall–Kier alpha value is -2.27. The van der Waals surface area contributed by atoms with Crippen molar-refractivity contribution >= 4 is 29.3 Å². The van der Waals surface area contributed by atoms with Crippen molar-refractivity contribution in [2.45, 2.75) is 30.1 Å². The molecular weight excluding hydrogens is 310 g/mol. The first-order valence-corrected chi connectivity index (χ1v) is 8.19. The van der Waals surface area contributed by atoms with Crippen LogP contribution in [0.2, 0.25) is 0 Å². The first-order valence-electron chi connectivity index (χ1n) is 7.31. The molecule has 0 saturated heterocycles. The fraction of sp³-hybridized carbons (Fsp3) is 0.222. The molecule has 23 heavy (non-hydrogen) atoms. The maximum atomic E-state index is 12.6. The van der Waals surface area contributed by atoms with Crippen molar-refractivity contribution in [1.29, 1.82) is 0 Å². The van der Waals surface area contributed by atoms with Crippen LogP contribution in [0.5, 0.6) is 0 Å². The van der Waals surface area contributed by atoms with E-state index in [0.29, 0.717) is 5.69 Å². The van der Waals surface area contributed by atoms with Crippen LogP contribution < -0.4 is 5.32 Å². The van der Waals surface area contributed by atoms with Gasteiger partial charge in [-0.15, -0.1) is 11.8 Å². The lowest BCUT2D eigenvalue weighted by Crippen LogP contribution is -2.36. The van der Waals surface area contributed by atoms with Crippen molar-refractivity contribution in [3.8, 4) is 0 Å². The molecule has 0 radical (unpaired) electrons. The summed E-state index contributed by atoms with van der Waals surface area (Å²) in [6.07, 6.45) is -0.540. The van der Waals surface area contributed by atoms with Gasteiger partial charge in [0.15, 0.2) is 0 Å². The predicted molar refractivity (Wildman–Crippen MR) is 92.4 cm³/mol. The van der Waals surface area contributed by atoms with E-state index in [1.807, 2.05) is 60.7 Å². The molecule has 0 aliphatic rings. The molecule has 0 aliphatic heterocycles. The molecule has 2 aromatic rings. The van der Waals surface area contributed by atoms with Crippen LogP contribution in [0.3, 0.4) is 0 Å². The van der Waals surface area contributed by atoms with E-state index in [-0.39, 0.29) is 5.91 Å². The van der Waals surface area contributed by atoms with E-state index in [0.717, 1.165) is 4.90 Å². The van der Waals surface area contributed by atoms with Gasteiger partial charge in [-0.05, 0) is 31.2 Å². The van der Waals surface area contributed by atoms with Gasteiger partial charge in [0, 0.05) is 17.5 Å². The van der Waals surface area contributed by atoms with Crippen LogP contribution in [0, 0.1) is 0 Å². The molecule has 4 nitrogen and oxygen atoms in total. The Morgan fingerprint density at radius 3 is 2.13 bits per heavy atom. The van der Waals surface area contributed by atoms with E-state index in [1.165, 1.54) is 18.7 Å². The summed E-state index contributed by atoms with van der Waals surface area (Å²) in [6.45, 7) is 3.07. The fourth-order valence-corrected chi connectivity index (χ4v) is 3.09. The van der Waals surface area contributed by atoms with Gasteiger partial charge in [-0.3, -0.25) is 9.59 Å². The maximum Gasteiger partial charge on any atom is 0.302 e. The van der Waals surface area contributed by atoms with Crippen LogP contribution >= 0.6 is 11.8 Å². The highest BCUT2D eigenvalue weighted by Crippen LogP contribution is 2.27. The van der Waals surface area contributed by atoms with Crippen molar-refractivity contribution < 1.29 is 14.3 Å². The number of benzene rings is 2. The summed E-state index contributed by atoms with van der Waals surface area (Å²) in [5, 5.41) is 2.33. The highest BCUT2D eigenvalue weighted by Gasteiger charge is 2.28. The first-order chi connectivity index (χ1) is 11.1. The summed E-state index contributed by atoms with van der Waals surface area (Å²) >= 11 is 1.38. The number of nitrogens with one attached hydrogen (secondary N) is 1. The van der Waals surface area contributed by atoms with Crippen LogP contribution in [0.15, 0.2) is 65.6 Å². The second-order valence-corrected chi connectivity index (χ2v) is 6.24. The molecule has 2 rings (SSSR count). The largest absolute Gasteiger partial charge is 0.461 e. The molecule has 0 heterocycles. The van der Waals surface area contributed by atoms with Gasteiger partial charge in [0.05, 0.1) is 0 Å². The summed E-state index contributed by atoms with van der Waals surface area (Å²) in [5.74, 6) is -0.595. The third kappa shape index (κ3) is 5.45. The summed E-state index contributed by atoms with van der Waals surface area (Å²) in [7, 11) is 0. The first kappa shape index (κ1) is 17.1. The van der Waals surface area contributed by atoms with Gasteiger partial charge in [-0.2, -0.15) is 0 Å². The fourth-order valence-electron chi connectivity index (χ4n) is 2.07. The lowest BCUT2D eigenvalue weighted by atomic mass is 10.2. The number of para-hydroxylation sites is 1. The molecule has 2 aromatic carbocycles. The van der Waals surface area contributed by atoms with Crippen LogP contribution in [-0.2, 0) is 14.3 Å². The number of rotatable bonds is 6. The standard InChI is InChI=1S/C18H19NO3S/c1-13(22-14(2)20)17(23-16-11-7-4-8-12-16)18(21)19-15-9-5-3-6-10-15/h3-13,17H,1-2H3,(H,19,21)/t13-,17-/m0/s1. The minimum Gasteiger partial charge on any atom is -0.461 e. The topological polar surface area (TPSA) is 55.4 Å². The molecule has 2 atom stereocenters. The van der Waals surface area contributed by atoms with E-state index in [9.17, 15) is 9.59 Å². The highest BCUT2D eigenvalue weighted by atomic mass is 32.2. The molecule has 0 bridgehead atoms. The van der Waals surface area contributed by atoms with Crippen molar-refractivity contribution in [1.82, 2.24) is 0 Å². The number of thioether (sulfide) groups is 1. The zero-order valence-electron chi connectivity index (χ0n) is 13.1. The Bertz CT molecular complexity index is 646. The smallest absolute Gasteiger partial charge is 0.302 e. The molecule has 120 valence electrons. The lowest BCUT2D eigenvalue weighted by Gasteiger charge is -2.22. The summed E-state index contributed by atoms with van der Waals surface area (Å²) in [5.41, 5.74) is 0.714. The van der Waals surface area contributed by atoms with E-state index < -0.39 is 17.3 Å². The average molecular weight is 329 g/mol. The average Bonchev–Trinajstić information content (AvgIpc) is 2.53. The van der Waals surface area contributed by atoms with Crippen molar-refractivity contribution in [3.05, 3.63) is 60.7 Å². The van der Waals surface area contributed by atoms with Crippen LogP contribution in [0.4, 0.5) is 5.69 Å². The van der Waals surface area contributed by atoms with E-state index in [4.69, 9.17) is 4.74 Å². The van der Waals surface area contributed by atoms with Gasteiger partial charge in [-0.25, -0.2) is 0 Å². The van der Waals surface area contributed by atoms with Crippen molar-refractivity contribution in [2.24, 2.45) is 0 Å². The van der Waals surface area contributed by atoms with E-state index >= 15 is 0 Å². The molecule has 0 fully saturated rings. The third-order valence-corrected chi connectivity index (χ3v) is 4.48. The Morgan fingerprint density at radius 2 is 1.57 bits per heavy atom. The van der Waals surface area contributed by atoms with Gasteiger partial charge in [0.1, 0.15) is 11.4 Å². The number of amides is 1. The number of hydrogen-bond acceptors (Lipinski definition) is 4. The van der Waals surface area contributed by atoms with Crippen LogP contribution in [-0.4, -0.2) is 23.2 Å². The number of carbonyl (C=O) groups excluding carboxylic acids is 2. The number of esters is 1. The molecule has 0 aromatic heterocycles. The van der Waals surface area contributed by atoms with Gasteiger partial charge in [0.25, 0.3) is 0 Å². The van der Waals surface area contributed by atoms with Gasteiger partial charge in [-0.1, -0.05) is 36.4 Å². The molecule has 0 saturated carbocycles. The third-order valence-electron chi connectivity index (χ3n) is 3.08. The zero-order valence-corrected chi connectivity index (χ0v) is 13.9. The quantitative estimate of drug-likeness (QED) is 0.648. The second-order valence-electron chi connectivity index (χ2n) is 5.02. The molecule has 1 amide bonds. The number of anilines is 1. The summed E-state index contributed by atoms with van der Waals surface area (Å²) < 4.78 is 5.22. The van der Waals surface area contributed by atoms with Crippen molar-refractivity contribution in [3.63, 3.8) is 0 Å². The van der Waals surface area contributed by atoms with Gasteiger partial charge < -0.3 is 10.1 Å². The van der Waals surface area contributed by atoms with Crippen molar-refractivity contribution in [2.75, 3.05) is 5.32 Å². The highest BCUT2D eigenvalue weighted by molar-refractivity contribution is 8.00. The Morgan fingerprint density at radius 1 is 1.00 bits per heavy atom. The normalized spacial score (nSPS) is 13.0. The molecule has 0 unspecified atom stereocenters. The molecular formula is C18H19NO3S. The van der Waals surface area contributed by atoms with Gasteiger partial charge in [0.2, 0.25) is 5.91 Å². The minimum atomic E-state index is -0.540. The monoisotopic (exact) mass is 329 g/mol. The maximum absolute atomic E-state index is 12.6. The van der Waals surface area contributed by atoms with Crippen LogP contribution in [0.25, 0.3) is 0 Å². The molecule has 0 aliphatic carbocycles. The minimum absolute atomic E-state index is 0.196. The number of carbonyl (C=O) groups is 2. The Balaban J connectivity index is 2.14. The lowest BCUT2D eigenvalue weighted by molar-refractivity contribution is -0.146.